The molecule has 0 amide bonds. The minimum Gasteiger partial charge on any atom is -0.356 e. The lowest BCUT2D eigenvalue weighted by Crippen LogP contribution is -2.31. The fourth-order valence-corrected chi connectivity index (χ4v) is 1.75. The normalized spacial score (nSPS) is 17.1. The second kappa shape index (κ2) is 3.82. The molecule has 0 bridgehead atoms. The van der Waals surface area contributed by atoms with Crippen LogP contribution in [0, 0.1) is 0 Å². The van der Waals surface area contributed by atoms with Crippen LogP contribution in [0.3, 0.4) is 0 Å². The first-order valence-electron chi connectivity index (χ1n) is 5.05. The van der Waals surface area contributed by atoms with E-state index >= 15 is 0 Å². The molecule has 2 heterocycles. The van der Waals surface area contributed by atoms with E-state index in [4.69, 9.17) is 0 Å². The number of piperidine rings is 1. The largest absolute Gasteiger partial charge is 0.356 e. The van der Waals surface area contributed by atoms with Gasteiger partial charge >= 0.3 is 0 Å². The smallest absolute Gasteiger partial charge is 0.255 e. The molecule has 1 saturated heterocycles. The van der Waals surface area contributed by atoms with Gasteiger partial charge in [0.15, 0.2) is 0 Å². The van der Waals surface area contributed by atoms with Crippen molar-refractivity contribution in [3.05, 3.63) is 22.7 Å². The Kier molecular flexibility index (Phi) is 2.52. The monoisotopic (exact) mass is 193 g/mol. The molecule has 76 valence electrons. The van der Waals surface area contributed by atoms with Crippen molar-refractivity contribution in [1.29, 1.82) is 0 Å². The van der Waals surface area contributed by atoms with Crippen LogP contribution in [0.1, 0.15) is 19.3 Å². The van der Waals surface area contributed by atoms with Crippen LogP contribution in [0.5, 0.6) is 0 Å². The Balaban J connectivity index is 2.23. The minimum absolute atomic E-state index is 0.0144. The third-order valence-electron chi connectivity index (χ3n) is 2.64. The molecule has 0 saturated carbocycles. The molecular formula is C10H15N3O. The Morgan fingerprint density at radius 1 is 1.29 bits per heavy atom. The molecule has 0 N–H and O–H groups in total. The summed E-state index contributed by atoms with van der Waals surface area (Å²) < 4.78 is 1.49. The number of nitrogens with zero attached hydrogens (tertiary/aromatic N) is 3. The molecule has 1 fully saturated rings. The van der Waals surface area contributed by atoms with Gasteiger partial charge in [-0.1, -0.05) is 0 Å². The van der Waals surface area contributed by atoms with Gasteiger partial charge in [0.25, 0.3) is 5.56 Å². The third kappa shape index (κ3) is 1.78. The average molecular weight is 193 g/mol. The average Bonchev–Trinajstić information content (AvgIpc) is 2.23. The number of aryl methyl sites for hydroxylation is 1. The van der Waals surface area contributed by atoms with Crippen molar-refractivity contribution in [2.45, 2.75) is 19.3 Å². The predicted molar refractivity (Wildman–Crippen MR) is 55.5 cm³/mol. The van der Waals surface area contributed by atoms with Crippen LogP contribution in [-0.4, -0.2) is 22.6 Å². The van der Waals surface area contributed by atoms with E-state index < -0.39 is 0 Å². The number of anilines is 1. The van der Waals surface area contributed by atoms with E-state index in [0.717, 1.165) is 18.9 Å². The summed E-state index contributed by atoms with van der Waals surface area (Å²) >= 11 is 0. The molecular weight excluding hydrogens is 178 g/mol. The fourth-order valence-electron chi connectivity index (χ4n) is 1.75. The van der Waals surface area contributed by atoms with Gasteiger partial charge in [-0.3, -0.25) is 4.79 Å². The standard InChI is InChI=1S/C10H15N3O/c1-12-8-11-9(7-10(12)14)13-5-3-2-4-6-13/h7-8H,2-6H2,1H3. The first-order valence-corrected chi connectivity index (χ1v) is 5.05. The first-order chi connectivity index (χ1) is 6.77. The zero-order chi connectivity index (χ0) is 9.97. The molecule has 0 spiro atoms. The van der Waals surface area contributed by atoms with Gasteiger partial charge in [0.1, 0.15) is 5.82 Å². The molecule has 2 rings (SSSR count). The Hall–Kier alpha value is -1.32. The van der Waals surface area contributed by atoms with E-state index in [9.17, 15) is 4.79 Å². The van der Waals surface area contributed by atoms with E-state index in [1.165, 1.54) is 23.8 Å². The van der Waals surface area contributed by atoms with Crippen molar-refractivity contribution in [3.8, 4) is 0 Å². The number of hydrogen-bond donors (Lipinski definition) is 0. The molecule has 14 heavy (non-hydrogen) atoms. The highest BCUT2D eigenvalue weighted by Crippen LogP contribution is 2.14. The molecule has 4 nitrogen and oxygen atoms in total. The van der Waals surface area contributed by atoms with Crippen LogP contribution in [-0.2, 0) is 7.05 Å². The van der Waals surface area contributed by atoms with Crippen molar-refractivity contribution < 1.29 is 0 Å². The Morgan fingerprint density at radius 2 is 2.00 bits per heavy atom. The van der Waals surface area contributed by atoms with E-state index in [0.29, 0.717) is 0 Å². The molecule has 1 aliphatic heterocycles. The highest BCUT2D eigenvalue weighted by atomic mass is 16.1. The highest BCUT2D eigenvalue weighted by molar-refractivity contribution is 5.36. The van der Waals surface area contributed by atoms with Crippen molar-refractivity contribution in [1.82, 2.24) is 9.55 Å². The summed E-state index contributed by atoms with van der Waals surface area (Å²) in [7, 11) is 1.72. The molecule has 0 atom stereocenters. The molecule has 1 aromatic rings. The van der Waals surface area contributed by atoms with Crippen LogP contribution in [0.15, 0.2) is 17.2 Å². The number of hydrogen-bond acceptors (Lipinski definition) is 3. The quantitative estimate of drug-likeness (QED) is 0.661. The maximum absolute atomic E-state index is 11.4. The molecule has 4 heteroatoms. The van der Waals surface area contributed by atoms with E-state index in [1.54, 1.807) is 19.4 Å². The van der Waals surface area contributed by atoms with Crippen LogP contribution in [0.4, 0.5) is 5.82 Å². The molecule has 1 aromatic heterocycles. The molecule has 0 aromatic carbocycles. The van der Waals surface area contributed by atoms with Gasteiger partial charge in [-0.05, 0) is 19.3 Å². The maximum atomic E-state index is 11.4. The molecule has 1 aliphatic rings. The SMILES string of the molecule is Cn1cnc(N2CCCCC2)cc1=O. The van der Waals surface area contributed by atoms with Gasteiger partial charge in [0, 0.05) is 26.2 Å². The second-order valence-corrected chi connectivity index (χ2v) is 3.74. The van der Waals surface area contributed by atoms with E-state index in [2.05, 4.69) is 9.88 Å². The molecule has 0 aliphatic carbocycles. The zero-order valence-corrected chi connectivity index (χ0v) is 8.44. The maximum Gasteiger partial charge on any atom is 0.255 e. The third-order valence-corrected chi connectivity index (χ3v) is 2.64. The van der Waals surface area contributed by atoms with E-state index in [-0.39, 0.29) is 5.56 Å². The Morgan fingerprint density at radius 3 is 2.64 bits per heavy atom. The lowest BCUT2D eigenvalue weighted by Gasteiger charge is -2.27. The zero-order valence-electron chi connectivity index (χ0n) is 8.44. The summed E-state index contributed by atoms with van der Waals surface area (Å²) in [5.74, 6) is 0.827. The lowest BCUT2D eigenvalue weighted by molar-refractivity contribution is 0.571. The van der Waals surface area contributed by atoms with Gasteiger partial charge in [0.2, 0.25) is 0 Å². The molecule has 0 radical (unpaired) electrons. The summed E-state index contributed by atoms with van der Waals surface area (Å²) in [5.41, 5.74) is 0.0144. The Bertz CT molecular complexity index is 366. The van der Waals surface area contributed by atoms with Gasteiger partial charge in [0.05, 0.1) is 6.33 Å². The van der Waals surface area contributed by atoms with Gasteiger partial charge in [-0.25, -0.2) is 4.98 Å². The van der Waals surface area contributed by atoms with Gasteiger partial charge in [-0.2, -0.15) is 0 Å². The molecule has 0 unspecified atom stereocenters. The summed E-state index contributed by atoms with van der Waals surface area (Å²) in [6.45, 7) is 2.06. The second-order valence-electron chi connectivity index (χ2n) is 3.74. The predicted octanol–water partition coefficient (Wildman–Crippen LogP) is 0.771. The van der Waals surface area contributed by atoms with Gasteiger partial charge < -0.3 is 9.47 Å². The minimum atomic E-state index is 0.0144. The van der Waals surface area contributed by atoms with Crippen LogP contribution >= 0.6 is 0 Å². The number of rotatable bonds is 1. The lowest BCUT2D eigenvalue weighted by atomic mass is 10.1. The van der Waals surface area contributed by atoms with Crippen LogP contribution in [0.25, 0.3) is 0 Å². The Labute approximate surface area is 83.2 Å². The van der Waals surface area contributed by atoms with Crippen molar-refractivity contribution in [3.63, 3.8) is 0 Å². The van der Waals surface area contributed by atoms with Crippen molar-refractivity contribution in [2.24, 2.45) is 7.05 Å². The highest BCUT2D eigenvalue weighted by Gasteiger charge is 2.12. The van der Waals surface area contributed by atoms with Crippen LogP contribution in [0.2, 0.25) is 0 Å². The van der Waals surface area contributed by atoms with Crippen molar-refractivity contribution >= 4 is 5.82 Å². The summed E-state index contributed by atoms with van der Waals surface area (Å²) in [6.07, 6.45) is 5.29. The topological polar surface area (TPSA) is 38.1 Å². The van der Waals surface area contributed by atoms with E-state index in [1.807, 2.05) is 0 Å². The summed E-state index contributed by atoms with van der Waals surface area (Å²) in [4.78, 5) is 17.8. The van der Waals surface area contributed by atoms with Crippen molar-refractivity contribution in [2.75, 3.05) is 18.0 Å². The number of aromatic nitrogens is 2. The van der Waals surface area contributed by atoms with Gasteiger partial charge in [-0.15, -0.1) is 0 Å². The first kappa shape index (κ1) is 9.24. The fraction of sp³-hybridized carbons (Fsp3) is 0.600. The summed E-state index contributed by atoms with van der Waals surface area (Å²) in [6, 6.07) is 1.62. The van der Waals surface area contributed by atoms with Crippen LogP contribution < -0.4 is 10.5 Å². The summed E-state index contributed by atoms with van der Waals surface area (Å²) in [5, 5.41) is 0.